The van der Waals surface area contributed by atoms with Crippen LogP contribution in [0.3, 0.4) is 0 Å². The summed E-state index contributed by atoms with van der Waals surface area (Å²) in [6, 6.07) is -1.72. The average molecular weight is 327 g/mol. The number of halogens is 1. The maximum atomic E-state index is 11.3. The van der Waals surface area contributed by atoms with E-state index in [1.807, 2.05) is 22.6 Å². The van der Waals surface area contributed by atoms with Gasteiger partial charge in [-0.1, -0.05) is 22.6 Å². The predicted molar refractivity (Wildman–Crippen MR) is 58.5 cm³/mol. The Labute approximate surface area is 99.1 Å². The fraction of sp³-hybridized carbons (Fsp3) is 0.571. The molecule has 0 spiro atoms. The Morgan fingerprint density at radius 3 is 2.87 bits per heavy atom. The summed E-state index contributed by atoms with van der Waals surface area (Å²) in [6.45, 7) is 0.0835. The first-order valence-corrected chi connectivity index (χ1v) is 5.38. The Bertz CT molecular complexity index is 309. The van der Waals surface area contributed by atoms with E-state index in [9.17, 15) is 14.4 Å². The molecule has 0 aromatic carbocycles. The van der Waals surface area contributed by atoms with Crippen LogP contribution in [0.4, 0.5) is 4.79 Å². The first-order chi connectivity index (χ1) is 6.91. The molecular weight excluding hydrogens is 317 g/mol. The van der Waals surface area contributed by atoms with E-state index in [1.165, 1.54) is 4.90 Å². The smallest absolute Gasteiger partial charge is 0.324 e. The molecule has 0 bridgehead atoms. The van der Waals surface area contributed by atoms with Gasteiger partial charge in [-0.2, -0.15) is 0 Å². The molecule has 0 aromatic rings. The topological polar surface area (TPSA) is 113 Å². The third-order valence-corrected chi connectivity index (χ3v) is 2.88. The number of nitrogens with zero attached hydrogens (tertiary/aromatic N) is 1. The number of carboxylic acids is 1. The van der Waals surface area contributed by atoms with Crippen LogP contribution in [-0.4, -0.2) is 51.0 Å². The second-order valence-electron chi connectivity index (χ2n) is 3.11. The van der Waals surface area contributed by atoms with E-state index in [2.05, 4.69) is 5.32 Å². The van der Waals surface area contributed by atoms with E-state index in [0.29, 0.717) is 0 Å². The molecule has 0 radical (unpaired) electrons. The lowest BCUT2D eigenvalue weighted by Crippen LogP contribution is -2.58. The Morgan fingerprint density at radius 1 is 1.73 bits per heavy atom. The van der Waals surface area contributed by atoms with Gasteiger partial charge in [0.2, 0.25) is 5.91 Å². The molecular formula is C7H10IN3O4. The lowest BCUT2D eigenvalue weighted by Gasteiger charge is -2.30. The van der Waals surface area contributed by atoms with Crippen LogP contribution in [-0.2, 0) is 9.59 Å². The zero-order valence-corrected chi connectivity index (χ0v) is 9.80. The first-order valence-electron chi connectivity index (χ1n) is 4.14. The van der Waals surface area contributed by atoms with E-state index < -0.39 is 18.0 Å². The van der Waals surface area contributed by atoms with E-state index >= 15 is 0 Å². The maximum Gasteiger partial charge on any atom is 0.324 e. The third-order valence-electron chi connectivity index (χ3n) is 1.92. The molecule has 2 atom stereocenters. The molecule has 1 aliphatic rings. The lowest BCUT2D eigenvalue weighted by molar-refractivity contribution is -0.138. The van der Waals surface area contributed by atoms with Crippen LogP contribution < -0.4 is 11.1 Å². The summed E-state index contributed by atoms with van der Waals surface area (Å²) in [5.74, 6) is -1.54. The van der Waals surface area contributed by atoms with E-state index in [1.54, 1.807) is 0 Å². The highest BCUT2D eigenvalue weighted by atomic mass is 127. The highest BCUT2D eigenvalue weighted by molar-refractivity contribution is 14.1. The van der Waals surface area contributed by atoms with Crippen LogP contribution in [0.5, 0.6) is 0 Å². The number of hydrogen-bond donors (Lipinski definition) is 3. The summed E-state index contributed by atoms with van der Waals surface area (Å²) in [5.41, 5.74) is 5.28. The van der Waals surface area contributed by atoms with Crippen LogP contribution >= 0.6 is 22.6 Å². The number of aliphatic carboxylic acids is 1. The SMILES string of the molecule is NC(CN1CC(I)C(=O)NC1=O)C(=O)O. The van der Waals surface area contributed by atoms with Gasteiger partial charge >= 0.3 is 12.0 Å². The molecule has 1 heterocycles. The van der Waals surface area contributed by atoms with Crippen LogP contribution in [0.2, 0.25) is 0 Å². The van der Waals surface area contributed by atoms with Crippen molar-refractivity contribution in [3.05, 3.63) is 0 Å². The number of nitrogens with two attached hydrogens (primary N) is 1. The first kappa shape index (κ1) is 12.2. The zero-order chi connectivity index (χ0) is 11.6. The second-order valence-corrected chi connectivity index (χ2v) is 4.62. The third kappa shape index (κ3) is 3.02. The van der Waals surface area contributed by atoms with Crippen LogP contribution in [0, 0.1) is 0 Å². The normalized spacial score (nSPS) is 23.6. The van der Waals surface area contributed by atoms with Gasteiger partial charge in [0.25, 0.3) is 0 Å². The number of nitrogens with one attached hydrogen (secondary N) is 1. The fourth-order valence-electron chi connectivity index (χ4n) is 1.10. The number of rotatable bonds is 3. The van der Waals surface area contributed by atoms with Crippen molar-refractivity contribution >= 4 is 40.5 Å². The minimum Gasteiger partial charge on any atom is -0.480 e. The average Bonchev–Trinajstić information content (AvgIpc) is 2.13. The Hall–Kier alpha value is -0.900. The highest BCUT2D eigenvalue weighted by Gasteiger charge is 2.32. The lowest BCUT2D eigenvalue weighted by atomic mass is 10.2. The number of alkyl halides is 1. The summed E-state index contributed by atoms with van der Waals surface area (Å²) < 4.78 is -0.374. The van der Waals surface area contributed by atoms with E-state index in [4.69, 9.17) is 10.8 Å². The number of urea groups is 1. The monoisotopic (exact) mass is 327 g/mol. The summed E-state index contributed by atoms with van der Waals surface area (Å²) in [4.78, 5) is 34.0. The van der Waals surface area contributed by atoms with Crippen molar-refractivity contribution in [2.24, 2.45) is 5.73 Å². The van der Waals surface area contributed by atoms with Crippen molar-refractivity contribution in [3.8, 4) is 0 Å². The Morgan fingerprint density at radius 2 is 2.33 bits per heavy atom. The van der Waals surface area contributed by atoms with Crippen molar-refractivity contribution < 1.29 is 19.5 Å². The second kappa shape index (κ2) is 4.75. The zero-order valence-electron chi connectivity index (χ0n) is 7.64. The van der Waals surface area contributed by atoms with Gasteiger partial charge in [-0.25, -0.2) is 4.79 Å². The van der Waals surface area contributed by atoms with Crippen molar-refractivity contribution in [2.45, 2.75) is 9.97 Å². The van der Waals surface area contributed by atoms with Gasteiger partial charge < -0.3 is 15.7 Å². The number of carbonyl (C=O) groups is 3. The van der Waals surface area contributed by atoms with E-state index in [0.717, 1.165) is 0 Å². The Kier molecular flexibility index (Phi) is 3.85. The number of hydrogen-bond acceptors (Lipinski definition) is 4. The number of carboxylic acid groups (broad SMARTS) is 1. The van der Waals surface area contributed by atoms with Crippen LogP contribution in [0.15, 0.2) is 0 Å². The Balaban J connectivity index is 2.59. The molecule has 1 saturated heterocycles. The minimum atomic E-state index is -1.18. The molecule has 4 N–H and O–H groups in total. The molecule has 1 aliphatic heterocycles. The van der Waals surface area contributed by atoms with Gasteiger partial charge in [0.05, 0.1) is 0 Å². The van der Waals surface area contributed by atoms with Crippen molar-refractivity contribution in [1.82, 2.24) is 10.2 Å². The van der Waals surface area contributed by atoms with Gasteiger partial charge in [-0.05, 0) is 0 Å². The molecule has 1 rings (SSSR count). The minimum absolute atomic E-state index is 0.103. The van der Waals surface area contributed by atoms with Crippen molar-refractivity contribution in [1.29, 1.82) is 0 Å². The van der Waals surface area contributed by atoms with Crippen molar-refractivity contribution in [3.63, 3.8) is 0 Å². The van der Waals surface area contributed by atoms with Gasteiger partial charge in [0.15, 0.2) is 0 Å². The largest absolute Gasteiger partial charge is 0.480 e. The quantitative estimate of drug-likeness (QED) is 0.443. The molecule has 0 saturated carbocycles. The molecule has 3 amide bonds. The van der Waals surface area contributed by atoms with Gasteiger partial charge in [-0.3, -0.25) is 14.9 Å². The molecule has 7 nitrogen and oxygen atoms in total. The summed E-state index contributed by atoms with van der Waals surface area (Å²) >= 11 is 1.88. The summed E-state index contributed by atoms with van der Waals surface area (Å²) in [7, 11) is 0. The molecule has 0 aromatic heterocycles. The number of carbonyl (C=O) groups excluding carboxylic acids is 2. The molecule has 0 aliphatic carbocycles. The molecule has 8 heteroatoms. The van der Waals surface area contributed by atoms with Crippen LogP contribution in [0.25, 0.3) is 0 Å². The van der Waals surface area contributed by atoms with Gasteiger partial charge in [0, 0.05) is 13.1 Å². The molecule has 15 heavy (non-hydrogen) atoms. The number of imide groups is 1. The molecule has 84 valence electrons. The number of amides is 3. The highest BCUT2D eigenvalue weighted by Crippen LogP contribution is 2.09. The van der Waals surface area contributed by atoms with Gasteiger partial charge in [0.1, 0.15) is 9.97 Å². The summed E-state index contributed by atoms with van der Waals surface area (Å²) in [5, 5.41) is 10.7. The predicted octanol–water partition coefficient (Wildman–Crippen LogP) is -1.25. The van der Waals surface area contributed by atoms with Gasteiger partial charge in [-0.15, -0.1) is 0 Å². The summed E-state index contributed by atoms with van der Waals surface area (Å²) in [6.07, 6.45) is 0. The van der Waals surface area contributed by atoms with Crippen LogP contribution in [0.1, 0.15) is 0 Å². The maximum absolute atomic E-state index is 11.3. The standard InChI is InChI=1S/C7H10IN3O4/c8-3-1-11(2-4(9)6(13)14)7(15)10-5(3)12/h3-4H,1-2,9H2,(H,13,14)(H,10,12,15). The fourth-order valence-corrected chi connectivity index (χ4v) is 1.73. The molecule has 1 fully saturated rings. The van der Waals surface area contributed by atoms with E-state index in [-0.39, 0.29) is 22.9 Å². The molecule has 2 unspecified atom stereocenters. The van der Waals surface area contributed by atoms with Crippen molar-refractivity contribution in [2.75, 3.05) is 13.1 Å².